The number of benzene rings is 1. The van der Waals surface area contributed by atoms with Crippen LogP contribution in [-0.2, 0) is 4.74 Å². The number of ether oxygens (including phenoxy) is 1. The number of rotatable bonds is 5. The van der Waals surface area contributed by atoms with E-state index in [0.29, 0.717) is 6.10 Å². The molecule has 3 aromatic rings. The summed E-state index contributed by atoms with van der Waals surface area (Å²) in [6, 6.07) is 12.3. The summed E-state index contributed by atoms with van der Waals surface area (Å²) in [7, 11) is 0. The first kappa shape index (κ1) is 16.3. The molecule has 2 aromatic heterocycles. The topological polar surface area (TPSA) is 52.8 Å². The van der Waals surface area contributed by atoms with Crippen LogP contribution in [0, 0.1) is 6.92 Å². The van der Waals surface area contributed by atoms with Crippen LogP contribution >= 0.6 is 11.8 Å². The summed E-state index contributed by atoms with van der Waals surface area (Å²) >= 11 is 1.71. The Morgan fingerprint density at radius 3 is 2.76 bits per heavy atom. The number of nitrogens with zero attached hydrogens (tertiary/aromatic N) is 4. The molecule has 1 aromatic carbocycles. The summed E-state index contributed by atoms with van der Waals surface area (Å²) in [6.07, 6.45) is 6.16. The molecule has 128 valence electrons. The van der Waals surface area contributed by atoms with Crippen LogP contribution in [0.5, 0.6) is 0 Å². The zero-order valence-corrected chi connectivity index (χ0v) is 14.9. The van der Waals surface area contributed by atoms with Crippen LogP contribution in [0.3, 0.4) is 0 Å². The van der Waals surface area contributed by atoms with E-state index in [9.17, 15) is 0 Å². The van der Waals surface area contributed by atoms with E-state index in [1.54, 1.807) is 24.2 Å². The molecule has 0 saturated carbocycles. The summed E-state index contributed by atoms with van der Waals surface area (Å²) < 4.78 is 7.89. The highest BCUT2D eigenvalue weighted by Crippen LogP contribution is 2.30. The fourth-order valence-electron chi connectivity index (χ4n) is 3.03. The van der Waals surface area contributed by atoms with Gasteiger partial charge in [0.05, 0.1) is 11.8 Å². The Labute approximate surface area is 151 Å². The highest BCUT2D eigenvalue weighted by Gasteiger charge is 2.21. The van der Waals surface area contributed by atoms with E-state index < -0.39 is 0 Å². The van der Waals surface area contributed by atoms with Gasteiger partial charge in [0.1, 0.15) is 0 Å². The van der Waals surface area contributed by atoms with Gasteiger partial charge in [-0.2, -0.15) is 0 Å². The zero-order valence-electron chi connectivity index (χ0n) is 14.1. The molecule has 0 unspecified atom stereocenters. The van der Waals surface area contributed by atoms with Gasteiger partial charge in [-0.15, -0.1) is 10.2 Å². The maximum absolute atomic E-state index is 5.75. The van der Waals surface area contributed by atoms with Crippen molar-refractivity contribution in [3.8, 4) is 17.1 Å². The van der Waals surface area contributed by atoms with E-state index in [1.165, 1.54) is 5.56 Å². The average molecular weight is 352 g/mol. The van der Waals surface area contributed by atoms with E-state index in [2.05, 4.69) is 44.9 Å². The Kier molecular flexibility index (Phi) is 4.81. The Bertz CT molecular complexity index is 844. The maximum Gasteiger partial charge on any atom is 0.196 e. The van der Waals surface area contributed by atoms with Crippen LogP contribution < -0.4 is 0 Å². The minimum atomic E-state index is 0.316. The Morgan fingerprint density at radius 1 is 1.16 bits per heavy atom. The van der Waals surface area contributed by atoms with Gasteiger partial charge in [0.15, 0.2) is 11.0 Å². The third-order valence-electron chi connectivity index (χ3n) is 4.35. The van der Waals surface area contributed by atoms with Gasteiger partial charge in [-0.25, -0.2) is 0 Å². The molecule has 4 rings (SSSR count). The van der Waals surface area contributed by atoms with Crippen LogP contribution in [-0.4, -0.2) is 38.2 Å². The first-order valence-electron chi connectivity index (χ1n) is 8.49. The zero-order chi connectivity index (χ0) is 17.1. The van der Waals surface area contributed by atoms with E-state index in [-0.39, 0.29) is 0 Å². The number of pyridine rings is 1. The quantitative estimate of drug-likeness (QED) is 0.652. The molecular formula is C19H20N4OS. The van der Waals surface area contributed by atoms with Crippen molar-refractivity contribution in [3.63, 3.8) is 0 Å². The van der Waals surface area contributed by atoms with E-state index in [0.717, 1.165) is 47.4 Å². The van der Waals surface area contributed by atoms with Gasteiger partial charge in [-0.3, -0.25) is 9.55 Å². The number of hydrogen-bond donors (Lipinski definition) is 0. The van der Waals surface area contributed by atoms with Crippen molar-refractivity contribution in [3.05, 3.63) is 54.4 Å². The van der Waals surface area contributed by atoms with Crippen molar-refractivity contribution in [2.24, 2.45) is 0 Å². The Balaban J connectivity index is 1.74. The molecule has 5 nitrogen and oxygen atoms in total. The van der Waals surface area contributed by atoms with E-state index in [1.807, 2.05) is 18.2 Å². The second-order valence-corrected chi connectivity index (χ2v) is 7.10. The summed E-state index contributed by atoms with van der Waals surface area (Å²) in [5, 5.41) is 9.84. The standard InChI is InChI=1S/C19H20N4OS/c1-14-5-2-3-7-17(14)23-18(15-8-10-20-11-9-15)21-22-19(23)25-13-16-6-4-12-24-16/h2-3,5,7-11,16H,4,6,12-13H2,1H3/t16-/m1/s1. The third-order valence-corrected chi connectivity index (χ3v) is 5.41. The van der Waals surface area contributed by atoms with Crippen molar-refractivity contribution < 1.29 is 4.74 Å². The van der Waals surface area contributed by atoms with Crippen molar-refractivity contribution in [2.75, 3.05) is 12.4 Å². The SMILES string of the molecule is Cc1ccccc1-n1c(SC[C@H]2CCCO2)nnc1-c1ccncc1. The summed E-state index contributed by atoms with van der Waals surface area (Å²) in [5.74, 6) is 1.74. The van der Waals surface area contributed by atoms with E-state index >= 15 is 0 Å². The molecule has 1 saturated heterocycles. The van der Waals surface area contributed by atoms with Crippen LogP contribution in [0.1, 0.15) is 18.4 Å². The third kappa shape index (κ3) is 3.45. The number of para-hydroxylation sites is 1. The molecule has 0 N–H and O–H groups in total. The first-order valence-corrected chi connectivity index (χ1v) is 9.48. The fraction of sp³-hybridized carbons (Fsp3) is 0.316. The molecule has 0 aliphatic carbocycles. The van der Waals surface area contributed by atoms with Crippen molar-refractivity contribution in [2.45, 2.75) is 31.0 Å². The van der Waals surface area contributed by atoms with Crippen molar-refractivity contribution in [1.29, 1.82) is 0 Å². The lowest BCUT2D eigenvalue weighted by molar-refractivity contribution is 0.129. The molecule has 1 aliphatic rings. The Hall–Kier alpha value is -2.18. The molecule has 25 heavy (non-hydrogen) atoms. The monoisotopic (exact) mass is 352 g/mol. The molecule has 1 atom stereocenters. The van der Waals surface area contributed by atoms with Crippen LogP contribution in [0.2, 0.25) is 0 Å². The van der Waals surface area contributed by atoms with Gasteiger partial charge in [0, 0.05) is 30.3 Å². The van der Waals surface area contributed by atoms with Gasteiger partial charge >= 0.3 is 0 Å². The number of aromatic nitrogens is 4. The molecule has 0 bridgehead atoms. The van der Waals surface area contributed by atoms with Gasteiger partial charge < -0.3 is 4.74 Å². The molecule has 1 aliphatic heterocycles. The molecule has 0 radical (unpaired) electrons. The molecule has 1 fully saturated rings. The number of thioether (sulfide) groups is 1. The fourth-order valence-corrected chi connectivity index (χ4v) is 4.04. The number of hydrogen-bond acceptors (Lipinski definition) is 5. The van der Waals surface area contributed by atoms with Crippen LogP contribution in [0.15, 0.2) is 53.9 Å². The Morgan fingerprint density at radius 2 is 2.00 bits per heavy atom. The second kappa shape index (κ2) is 7.37. The lowest BCUT2D eigenvalue weighted by atomic mass is 10.2. The first-order chi connectivity index (χ1) is 12.3. The van der Waals surface area contributed by atoms with Gasteiger partial charge in [0.25, 0.3) is 0 Å². The van der Waals surface area contributed by atoms with Gasteiger partial charge in [0.2, 0.25) is 0 Å². The van der Waals surface area contributed by atoms with Crippen molar-refractivity contribution >= 4 is 11.8 Å². The van der Waals surface area contributed by atoms with Gasteiger partial charge in [-0.1, -0.05) is 30.0 Å². The summed E-state index contributed by atoms with van der Waals surface area (Å²) in [5.41, 5.74) is 3.31. The predicted octanol–water partition coefficient (Wildman–Crippen LogP) is 3.91. The molecule has 3 heterocycles. The molecule has 6 heteroatoms. The lowest BCUT2D eigenvalue weighted by Crippen LogP contribution is -2.09. The number of aryl methyl sites for hydroxylation is 1. The predicted molar refractivity (Wildman–Crippen MR) is 99.0 cm³/mol. The molecular weight excluding hydrogens is 332 g/mol. The highest BCUT2D eigenvalue weighted by atomic mass is 32.2. The smallest absolute Gasteiger partial charge is 0.196 e. The minimum Gasteiger partial charge on any atom is -0.377 e. The van der Waals surface area contributed by atoms with Crippen LogP contribution in [0.25, 0.3) is 17.1 Å². The van der Waals surface area contributed by atoms with Crippen molar-refractivity contribution in [1.82, 2.24) is 19.7 Å². The highest BCUT2D eigenvalue weighted by molar-refractivity contribution is 7.99. The normalized spacial score (nSPS) is 17.1. The average Bonchev–Trinajstić information content (AvgIpc) is 3.31. The lowest BCUT2D eigenvalue weighted by Gasteiger charge is -2.14. The molecule has 0 spiro atoms. The van der Waals surface area contributed by atoms with E-state index in [4.69, 9.17) is 4.74 Å². The largest absolute Gasteiger partial charge is 0.377 e. The van der Waals surface area contributed by atoms with Gasteiger partial charge in [-0.05, 0) is 43.5 Å². The summed E-state index contributed by atoms with van der Waals surface area (Å²) in [4.78, 5) is 4.11. The van der Waals surface area contributed by atoms with Crippen LogP contribution in [0.4, 0.5) is 0 Å². The maximum atomic E-state index is 5.75. The summed E-state index contributed by atoms with van der Waals surface area (Å²) in [6.45, 7) is 2.98. The minimum absolute atomic E-state index is 0.316. The molecule has 0 amide bonds. The second-order valence-electron chi connectivity index (χ2n) is 6.11.